The van der Waals surface area contributed by atoms with Crippen LogP contribution in [-0.2, 0) is 12.7 Å². The Kier molecular flexibility index (Phi) is 5.78. The highest BCUT2D eigenvalue weighted by molar-refractivity contribution is 7.19. The number of aryl methyl sites for hydroxylation is 1. The molecule has 0 fully saturated rings. The molecule has 0 aliphatic carbocycles. The molecule has 3 heterocycles. The van der Waals surface area contributed by atoms with Crippen LogP contribution < -0.4 is 10.6 Å². The van der Waals surface area contributed by atoms with Gasteiger partial charge in [-0.3, -0.25) is 9.67 Å². The highest BCUT2D eigenvalue weighted by Gasteiger charge is 2.38. The standard InChI is InChI=1S/C22H17F3N6OS/c1-3-31-11-18(20(30-31)22(23,24)25)15-6-12(29-21(32)27-2)4-5-14(15)17-9-28-10-19-16(17)7-13(8-26)33-19/h4-7,9-11H,3H2,1-2H3,(H2,27,29,32). The topological polar surface area (TPSA) is 95.6 Å². The molecule has 0 unspecified atom stereocenters. The van der Waals surface area contributed by atoms with Gasteiger partial charge in [-0.15, -0.1) is 11.3 Å². The predicted molar refractivity (Wildman–Crippen MR) is 120 cm³/mol. The third-order valence-corrected chi connectivity index (χ3v) is 5.97. The molecule has 33 heavy (non-hydrogen) atoms. The molecule has 4 rings (SSSR count). The Bertz CT molecular complexity index is 1400. The Hall–Kier alpha value is -3.91. The van der Waals surface area contributed by atoms with Crippen LogP contribution in [-0.4, -0.2) is 27.8 Å². The van der Waals surface area contributed by atoms with Crippen LogP contribution in [0.4, 0.5) is 23.7 Å². The van der Waals surface area contributed by atoms with Gasteiger partial charge in [-0.25, -0.2) is 4.79 Å². The first-order valence-electron chi connectivity index (χ1n) is 9.81. The minimum absolute atomic E-state index is 0.118. The van der Waals surface area contributed by atoms with E-state index >= 15 is 0 Å². The fraction of sp³-hybridized carbons (Fsp3) is 0.182. The second-order valence-electron chi connectivity index (χ2n) is 7.03. The molecule has 3 aromatic heterocycles. The molecule has 7 nitrogen and oxygen atoms in total. The summed E-state index contributed by atoms with van der Waals surface area (Å²) in [5.74, 6) is 0. The molecule has 0 spiro atoms. The molecule has 2 amide bonds. The number of benzene rings is 1. The van der Waals surface area contributed by atoms with Crippen LogP contribution >= 0.6 is 11.3 Å². The number of aromatic nitrogens is 3. The normalized spacial score (nSPS) is 11.4. The molecular weight excluding hydrogens is 453 g/mol. The number of urea groups is 1. The molecule has 11 heteroatoms. The average molecular weight is 470 g/mol. The Balaban J connectivity index is 2.01. The van der Waals surface area contributed by atoms with Crippen LogP contribution in [0.5, 0.6) is 0 Å². The van der Waals surface area contributed by atoms with E-state index in [9.17, 15) is 23.2 Å². The van der Waals surface area contributed by atoms with Crippen molar-refractivity contribution in [3.63, 3.8) is 0 Å². The molecule has 168 valence electrons. The Morgan fingerprint density at radius 1 is 1.18 bits per heavy atom. The van der Waals surface area contributed by atoms with E-state index in [4.69, 9.17) is 0 Å². The highest BCUT2D eigenvalue weighted by Crippen LogP contribution is 2.43. The van der Waals surface area contributed by atoms with Crippen molar-refractivity contribution in [3.8, 4) is 28.3 Å². The number of anilines is 1. The number of amides is 2. The molecule has 0 atom stereocenters. The molecule has 0 saturated heterocycles. The largest absolute Gasteiger partial charge is 0.435 e. The molecule has 4 aromatic rings. The van der Waals surface area contributed by atoms with Crippen LogP contribution in [0.2, 0.25) is 0 Å². The van der Waals surface area contributed by atoms with Crippen molar-refractivity contribution in [2.75, 3.05) is 12.4 Å². The summed E-state index contributed by atoms with van der Waals surface area (Å²) in [6.45, 7) is 1.95. The Morgan fingerprint density at radius 3 is 2.64 bits per heavy atom. The lowest BCUT2D eigenvalue weighted by Gasteiger charge is -2.14. The van der Waals surface area contributed by atoms with Crippen molar-refractivity contribution < 1.29 is 18.0 Å². The maximum atomic E-state index is 13.9. The van der Waals surface area contributed by atoms with E-state index in [0.29, 0.717) is 27.1 Å². The lowest BCUT2D eigenvalue weighted by molar-refractivity contribution is -0.141. The highest BCUT2D eigenvalue weighted by atomic mass is 32.1. The number of carbonyl (C=O) groups excluding carboxylic acids is 1. The number of thiophene rings is 1. The molecule has 0 radical (unpaired) electrons. The zero-order chi connectivity index (χ0) is 23.8. The van der Waals surface area contributed by atoms with Gasteiger partial charge in [0, 0.05) is 54.4 Å². The fourth-order valence-corrected chi connectivity index (χ4v) is 4.35. The smallest absolute Gasteiger partial charge is 0.341 e. The zero-order valence-electron chi connectivity index (χ0n) is 17.5. The summed E-state index contributed by atoms with van der Waals surface area (Å²) in [7, 11) is 1.44. The van der Waals surface area contributed by atoms with Crippen molar-refractivity contribution in [1.82, 2.24) is 20.1 Å². The predicted octanol–water partition coefficient (Wildman–Crippen LogP) is 5.49. The van der Waals surface area contributed by atoms with Gasteiger partial charge in [0.1, 0.15) is 10.9 Å². The minimum atomic E-state index is -4.68. The van der Waals surface area contributed by atoms with Gasteiger partial charge in [0.05, 0.1) is 4.70 Å². The quantitative estimate of drug-likeness (QED) is 0.412. The number of hydrogen-bond acceptors (Lipinski definition) is 5. The number of rotatable bonds is 4. The van der Waals surface area contributed by atoms with Crippen molar-refractivity contribution in [2.24, 2.45) is 0 Å². The van der Waals surface area contributed by atoms with E-state index in [1.54, 1.807) is 37.5 Å². The molecule has 0 aliphatic rings. The summed E-state index contributed by atoms with van der Waals surface area (Å²) in [6, 6.07) is 7.99. The van der Waals surface area contributed by atoms with Crippen LogP contribution in [0.3, 0.4) is 0 Å². The first-order valence-corrected chi connectivity index (χ1v) is 10.6. The van der Waals surface area contributed by atoms with E-state index in [-0.39, 0.29) is 17.7 Å². The molecule has 0 aliphatic heterocycles. The van der Waals surface area contributed by atoms with Gasteiger partial charge in [-0.05, 0) is 36.2 Å². The lowest BCUT2D eigenvalue weighted by atomic mass is 9.93. The number of hydrogen-bond donors (Lipinski definition) is 2. The van der Waals surface area contributed by atoms with Gasteiger partial charge in [0.25, 0.3) is 0 Å². The van der Waals surface area contributed by atoms with Gasteiger partial charge in [-0.1, -0.05) is 6.07 Å². The van der Waals surface area contributed by atoms with E-state index in [2.05, 4.69) is 26.8 Å². The Labute approximate surface area is 190 Å². The van der Waals surface area contributed by atoms with E-state index in [1.807, 2.05) is 0 Å². The first kappa shape index (κ1) is 22.3. The number of nitrogens with zero attached hydrogens (tertiary/aromatic N) is 4. The van der Waals surface area contributed by atoms with Gasteiger partial charge >= 0.3 is 12.2 Å². The van der Waals surface area contributed by atoms with Crippen LogP contribution in [0.15, 0.2) is 42.9 Å². The second kappa shape index (κ2) is 8.55. The summed E-state index contributed by atoms with van der Waals surface area (Å²) in [5.41, 5.74) is 0.449. The summed E-state index contributed by atoms with van der Waals surface area (Å²) in [5, 5.41) is 18.7. The van der Waals surface area contributed by atoms with Crippen molar-refractivity contribution in [2.45, 2.75) is 19.6 Å². The summed E-state index contributed by atoms with van der Waals surface area (Å²) >= 11 is 1.25. The van der Waals surface area contributed by atoms with Gasteiger partial charge in [-0.2, -0.15) is 23.5 Å². The maximum Gasteiger partial charge on any atom is 0.435 e. The second-order valence-corrected chi connectivity index (χ2v) is 8.11. The fourth-order valence-electron chi connectivity index (χ4n) is 3.49. The summed E-state index contributed by atoms with van der Waals surface area (Å²) < 4.78 is 43.6. The molecule has 0 bridgehead atoms. The van der Waals surface area contributed by atoms with E-state index < -0.39 is 17.9 Å². The number of pyridine rings is 1. The molecule has 0 saturated carbocycles. The third kappa shape index (κ3) is 4.25. The number of fused-ring (bicyclic) bond motifs is 1. The van der Waals surface area contributed by atoms with Gasteiger partial charge < -0.3 is 10.6 Å². The monoisotopic (exact) mass is 470 g/mol. The van der Waals surface area contributed by atoms with E-state index in [1.165, 1.54) is 35.3 Å². The van der Waals surface area contributed by atoms with Crippen LogP contribution in [0.1, 0.15) is 17.5 Å². The number of carbonyl (C=O) groups is 1. The molecule has 1 aromatic carbocycles. The zero-order valence-corrected chi connectivity index (χ0v) is 18.3. The SMILES string of the molecule is CCn1cc(-c2cc(NC(=O)NC)ccc2-c2cncc3sc(C#N)cc23)c(C(F)(F)F)n1. The Morgan fingerprint density at radius 2 is 1.97 bits per heavy atom. The number of halogens is 3. The summed E-state index contributed by atoms with van der Waals surface area (Å²) in [4.78, 5) is 16.5. The molecule has 2 N–H and O–H groups in total. The number of alkyl halides is 3. The maximum absolute atomic E-state index is 13.9. The number of nitrogens with one attached hydrogen (secondary N) is 2. The van der Waals surface area contributed by atoms with Gasteiger partial charge in [0.2, 0.25) is 0 Å². The third-order valence-electron chi connectivity index (χ3n) is 5.00. The number of nitriles is 1. The minimum Gasteiger partial charge on any atom is -0.341 e. The van der Waals surface area contributed by atoms with E-state index in [0.717, 1.165) is 4.70 Å². The molecular formula is C22H17F3N6OS. The lowest BCUT2D eigenvalue weighted by Crippen LogP contribution is -2.24. The van der Waals surface area contributed by atoms with Crippen LogP contribution in [0, 0.1) is 11.3 Å². The first-order chi connectivity index (χ1) is 15.7. The summed E-state index contributed by atoms with van der Waals surface area (Å²) in [6.07, 6.45) is -0.175. The van der Waals surface area contributed by atoms with Gasteiger partial charge in [0.15, 0.2) is 5.69 Å². The van der Waals surface area contributed by atoms with Crippen molar-refractivity contribution >= 4 is 33.1 Å². The van der Waals surface area contributed by atoms with Crippen LogP contribution in [0.25, 0.3) is 32.3 Å². The van der Waals surface area contributed by atoms with Crippen molar-refractivity contribution in [3.05, 3.63) is 53.4 Å². The average Bonchev–Trinajstić information content (AvgIpc) is 3.43. The van der Waals surface area contributed by atoms with Crippen molar-refractivity contribution in [1.29, 1.82) is 5.26 Å².